The molecule has 0 aromatic rings. The molecule has 0 bridgehead atoms. The monoisotopic (exact) mass is 239 g/mol. The first-order chi connectivity index (χ1) is 7.20. The molecule has 1 rings (SSSR count). The molecule has 1 aliphatic heterocycles. The smallest absolute Gasteiger partial charge is 0.410 e. The highest BCUT2D eigenvalue weighted by Crippen LogP contribution is 2.27. The van der Waals surface area contributed by atoms with Gasteiger partial charge in [0.05, 0.1) is 6.54 Å². The Morgan fingerprint density at radius 2 is 1.88 bits per heavy atom. The summed E-state index contributed by atoms with van der Waals surface area (Å²) in [7, 11) is 1.00. The maximum atomic E-state index is 12.7. The largest absolute Gasteiger partial charge is 0.444 e. The lowest BCUT2D eigenvalue weighted by atomic mass is 10.2. The SMILES string of the molecule is CC(C)(C)OC(=O)N1CCC(F)(F)C1.CO. The highest BCUT2D eigenvalue weighted by molar-refractivity contribution is 5.68. The molecule has 0 aromatic heterocycles. The van der Waals surface area contributed by atoms with E-state index in [4.69, 9.17) is 9.84 Å². The summed E-state index contributed by atoms with van der Waals surface area (Å²) in [5, 5.41) is 7.00. The van der Waals surface area contributed by atoms with E-state index >= 15 is 0 Å². The summed E-state index contributed by atoms with van der Waals surface area (Å²) in [5.41, 5.74) is -0.630. The Hall–Kier alpha value is -0.910. The van der Waals surface area contributed by atoms with Gasteiger partial charge in [-0.15, -0.1) is 0 Å². The zero-order chi connectivity index (χ0) is 13.0. The summed E-state index contributed by atoms with van der Waals surface area (Å²) in [6, 6.07) is 0. The molecule has 0 radical (unpaired) electrons. The second-order valence-electron chi connectivity index (χ2n) is 4.51. The number of aliphatic hydroxyl groups is 1. The first-order valence-electron chi connectivity index (χ1n) is 5.00. The number of amides is 1. The normalized spacial score (nSPS) is 18.8. The van der Waals surface area contributed by atoms with E-state index in [1.165, 1.54) is 0 Å². The molecule has 1 N–H and O–H groups in total. The lowest BCUT2D eigenvalue weighted by Crippen LogP contribution is -2.36. The van der Waals surface area contributed by atoms with Crippen LogP contribution in [0.2, 0.25) is 0 Å². The van der Waals surface area contributed by atoms with Crippen molar-refractivity contribution in [3.05, 3.63) is 0 Å². The van der Waals surface area contributed by atoms with E-state index in [2.05, 4.69) is 0 Å². The van der Waals surface area contributed by atoms with E-state index in [1.54, 1.807) is 20.8 Å². The van der Waals surface area contributed by atoms with E-state index in [0.29, 0.717) is 0 Å². The molecule has 0 aliphatic carbocycles. The number of hydrogen-bond donors (Lipinski definition) is 1. The van der Waals surface area contributed by atoms with Crippen LogP contribution in [0, 0.1) is 0 Å². The third-order valence-corrected chi connectivity index (χ3v) is 1.82. The van der Waals surface area contributed by atoms with Crippen LogP contribution >= 0.6 is 0 Å². The Morgan fingerprint density at radius 1 is 1.38 bits per heavy atom. The molecule has 0 spiro atoms. The molecule has 0 atom stereocenters. The molecule has 16 heavy (non-hydrogen) atoms. The van der Waals surface area contributed by atoms with E-state index < -0.39 is 24.2 Å². The summed E-state index contributed by atoms with van der Waals surface area (Å²) >= 11 is 0. The second-order valence-corrected chi connectivity index (χ2v) is 4.51. The summed E-state index contributed by atoms with van der Waals surface area (Å²) in [6.07, 6.45) is -0.929. The highest BCUT2D eigenvalue weighted by Gasteiger charge is 2.41. The molecule has 1 fully saturated rings. The number of alkyl halides is 2. The number of hydrogen-bond acceptors (Lipinski definition) is 3. The first kappa shape index (κ1) is 15.1. The van der Waals surface area contributed by atoms with Crippen LogP contribution in [0.5, 0.6) is 0 Å². The molecule has 6 heteroatoms. The quantitative estimate of drug-likeness (QED) is 0.702. The van der Waals surface area contributed by atoms with Gasteiger partial charge in [0.15, 0.2) is 0 Å². The van der Waals surface area contributed by atoms with Gasteiger partial charge in [0.1, 0.15) is 5.60 Å². The lowest BCUT2D eigenvalue weighted by Gasteiger charge is -2.24. The third-order valence-electron chi connectivity index (χ3n) is 1.82. The summed E-state index contributed by atoms with van der Waals surface area (Å²) in [4.78, 5) is 12.4. The van der Waals surface area contributed by atoms with Crippen molar-refractivity contribution >= 4 is 6.09 Å². The molecule has 4 nitrogen and oxygen atoms in total. The number of nitrogens with zero attached hydrogens (tertiary/aromatic N) is 1. The molecule has 0 unspecified atom stereocenters. The van der Waals surface area contributed by atoms with Gasteiger partial charge >= 0.3 is 6.09 Å². The average Bonchev–Trinajstić information content (AvgIpc) is 2.47. The Morgan fingerprint density at radius 3 is 2.19 bits per heavy atom. The molecular formula is C10H19F2NO3. The van der Waals surface area contributed by atoms with E-state index in [-0.39, 0.29) is 13.0 Å². The van der Waals surface area contributed by atoms with Gasteiger partial charge in [-0.05, 0) is 20.8 Å². The van der Waals surface area contributed by atoms with E-state index in [9.17, 15) is 13.6 Å². The minimum atomic E-state index is -2.75. The van der Waals surface area contributed by atoms with Gasteiger partial charge in [0.25, 0.3) is 5.92 Å². The Labute approximate surface area is 94.2 Å². The molecule has 1 heterocycles. The Bertz CT molecular complexity index is 239. The topological polar surface area (TPSA) is 49.8 Å². The van der Waals surface area contributed by atoms with Crippen LogP contribution in [0.3, 0.4) is 0 Å². The number of likely N-dealkylation sites (tertiary alicyclic amines) is 1. The molecule has 0 aromatic carbocycles. The zero-order valence-corrected chi connectivity index (χ0v) is 10.1. The number of ether oxygens (including phenoxy) is 1. The molecule has 96 valence electrons. The van der Waals surface area contributed by atoms with Crippen LogP contribution in [0.1, 0.15) is 27.2 Å². The van der Waals surface area contributed by atoms with Crippen molar-refractivity contribution in [3.63, 3.8) is 0 Å². The Balaban J connectivity index is 0.00000106. The zero-order valence-electron chi connectivity index (χ0n) is 10.1. The van der Waals surface area contributed by atoms with Crippen molar-refractivity contribution in [1.29, 1.82) is 0 Å². The van der Waals surface area contributed by atoms with Gasteiger partial charge < -0.3 is 14.7 Å². The van der Waals surface area contributed by atoms with Crippen molar-refractivity contribution in [2.24, 2.45) is 0 Å². The molecule has 1 saturated heterocycles. The van der Waals surface area contributed by atoms with Crippen molar-refractivity contribution in [2.75, 3.05) is 20.2 Å². The second kappa shape index (κ2) is 5.43. The molecular weight excluding hydrogens is 220 g/mol. The predicted molar refractivity (Wildman–Crippen MR) is 55.5 cm³/mol. The summed E-state index contributed by atoms with van der Waals surface area (Å²) in [5.74, 6) is -2.75. The summed E-state index contributed by atoms with van der Waals surface area (Å²) in [6.45, 7) is 4.67. The number of halogens is 2. The lowest BCUT2D eigenvalue weighted by molar-refractivity contribution is -0.00189. The fourth-order valence-corrected chi connectivity index (χ4v) is 1.22. The van der Waals surface area contributed by atoms with E-state index in [1.807, 2.05) is 0 Å². The predicted octanol–water partition coefficient (Wildman–Crippen LogP) is 1.87. The average molecular weight is 239 g/mol. The third kappa shape index (κ3) is 5.25. The van der Waals surface area contributed by atoms with Gasteiger partial charge in [0.2, 0.25) is 0 Å². The van der Waals surface area contributed by atoms with Crippen LogP contribution in [0.15, 0.2) is 0 Å². The van der Waals surface area contributed by atoms with Crippen molar-refractivity contribution in [1.82, 2.24) is 4.90 Å². The van der Waals surface area contributed by atoms with Crippen LogP contribution in [-0.4, -0.2) is 47.8 Å². The Kier molecular flexibility index (Phi) is 5.12. The fraction of sp³-hybridized carbons (Fsp3) is 0.900. The van der Waals surface area contributed by atoms with Crippen LogP contribution in [0.25, 0.3) is 0 Å². The number of carbonyl (C=O) groups excluding carboxylic acids is 1. The van der Waals surface area contributed by atoms with Gasteiger partial charge in [-0.2, -0.15) is 0 Å². The van der Waals surface area contributed by atoms with Crippen LogP contribution in [0.4, 0.5) is 13.6 Å². The van der Waals surface area contributed by atoms with Gasteiger partial charge in [-0.3, -0.25) is 0 Å². The highest BCUT2D eigenvalue weighted by atomic mass is 19.3. The molecule has 1 amide bonds. The van der Waals surface area contributed by atoms with Gasteiger partial charge in [-0.1, -0.05) is 0 Å². The summed E-state index contributed by atoms with van der Waals surface area (Å²) < 4.78 is 30.4. The standard InChI is InChI=1S/C9H15F2NO2.CH4O/c1-8(2,3)14-7(13)12-5-4-9(10,11)6-12;1-2/h4-6H2,1-3H3;2H,1H3. The van der Waals surface area contributed by atoms with Crippen molar-refractivity contribution < 1.29 is 23.4 Å². The van der Waals surface area contributed by atoms with Crippen LogP contribution < -0.4 is 0 Å². The fourth-order valence-electron chi connectivity index (χ4n) is 1.22. The minimum absolute atomic E-state index is 0.0713. The minimum Gasteiger partial charge on any atom is -0.444 e. The van der Waals surface area contributed by atoms with Crippen molar-refractivity contribution in [2.45, 2.75) is 38.7 Å². The molecule has 1 aliphatic rings. The number of carbonyl (C=O) groups is 1. The number of aliphatic hydroxyl groups excluding tert-OH is 1. The van der Waals surface area contributed by atoms with Gasteiger partial charge in [-0.25, -0.2) is 13.6 Å². The van der Waals surface area contributed by atoms with E-state index in [0.717, 1.165) is 12.0 Å². The van der Waals surface area contributed by atoms with Crippen LogP contribution in [-0.2, 0) is 4.74 Å². The van der Waals surface area contributed by atoms with Gasteiger partial charge in [0, 0.05) is 20.1 Å². The number of rotatable bonds is 0. The van der Waals surface area contributed by atoms with Crippen molar-refractivity contribution in [3.8, 4) is 0 Å². The maximum Gasteiger partial charge on any atom is 0.410 e. The molecule has 0 saturated carbocycles. The first-order valence-corrected chi connectivity index (χ1v) is 5.00. The maximum absolute atomic E-state index is 12.7.